The van der Waals surface area contributed by atoms with Gasteiger partial charge in [0.1, 0.15) is 0 Å². The maximum Gasteiger partial charge on any atom is 0.0486 e. The molecule has 0 amide bonds. The van der Waals surface area contributed by atoms with E-state index in [0.29, 0.717) is 0 Å². The van der Waals surface area contributed by atoms with Gasteiger partial charge >= 0.3 is 0 Å². The molecular weight excluding hydrogens is 246 g/mol. The highest BCUT2D eigenvalue weighted by Crippen LogP contribution is 2.22. The molecule has 3 nitrogen and oxygen atoms in total. The van der Waals surface area contributed by atoms with E-state index < -0.39 is 0 Å². The number of hydrogen-bond acceptors (Lipinski definition) is 2. The minimum Gasteiger partial charge on any atom is -0.343 e. The molecule has 2 N–H and O–H groups in total. The van der Waals surface area contributed by atoms with Crippen molar-refractivity contribution in [2.45, 2.75) is 25.9 Å². The number of pyridine rings is 1. The predicted octanol–water partition coefficient (Wildman–Crippen LogP) is 2.97. The van der Waals surface area contributed by atoms with E-state index in [9.17, 15) is 0 Å². The lowest BCUT2D eigenvalue weighted by Crippen LogP contribution is -2.17. The number of rotatable bonds is 4. The Balaban J connectivity index is 1.97. The lowest BCUT2D eigenvalue weighted by molar-refractivity contribution is 0.741. The molecule has 1 unspecified atom stereocenters. The molecule has 0 saturated carbocycles. The zero-order chi connectivity index (χ0) is 13.9. The van der Waals surface area contributed by atoms with Crippen molar-refractivity contribution in [3.05, 3.63) is 66.1 Å². The molecule has 0 aliphatic rings. The second kappa shape index (κ2) is 5.47. The molecule has 3 aromatic rings. The maximum atomic E-state index is 5.93. The van der Waals surface area contributed by atoms with Crippen molar-refractivity contribution in [3.8, 4) is 0 Å². The molecular formula is C17H19N3. The molecule has 0 spiro atoms. The quantitative estimate of drug-likeness (QED) is 0.788. The van der Waals surface area contributed by atoms with Gasteiger partial charge in [0.15, 0.2) is 0 Å². The topological polar surface area (TPSA) is 43.8 Å². The Morgan fingerprint density at radius 3 is 2.70 bits per heavy atom. The van der Waals surface area contributed by atoms with Gasteiger partial charge in [-0.1, -0.05) is 12.1 Å². The molecule has 0 aliphatic carbocycles. The molecule has 20 heavy (non-hydrogen) atoms. The number of fused-ring (bicyclic) bond motifs is 1. The highest BCUT2D eigenvalue weighted by atomic mass is 14.9. The summed E-state index contributed by atoms with van der Waals surface area (Å²) < 4.78 is 2.27. The van der Waals surface area contributed by atoms with Gasteiger partial charge in [-0.05, 0) is 48.7 Å². The van der Waals surface area contributed by atoms with E-state index in [1.54, 1.807) is 0 Å². The Labute approximate surface area is 119 Å². The number of hydrogen-bond donors (Lipinski definition) is 1. The van der Waals surface area contributed by atoms with Crippen molar-refractivity contribution >= 4 is 10.9 Å². The van der Waals surface area contributed by atoms with Crippen LogP contribution in [0.3, 0.4) is 0 Å². The van der Waals surface area contributed by atoms with Crippen LogP contribution in [-0.2, 0) is 13.0 Å². The SMILES string of the molecule is CC(N)Cc1cccc2c1ccn2Cc1ccncc1. The Morgan fingerprint density at radius 2 is 1.95 bits per heavy atom. The number of nitrogens with two attached hydrogens (primary N) is 1. The molecule has 0 saturated heterocycles. The first-order valence-corrected chi connectivity index (χ1v) is 6.95. The van der Waals surface area contributed by atoms with Crippen LogP contribution >= 0.6 is 0 Å². The largest absolute Gasteiger partial charge is 0.343 e. The molecule has 2 heterocycles. The van der Waals surface area contributed by atoms with Crippen molar-refractivity contribution < 1.29 is 0 Å². The minimum absolute atomic E-state index is 0.184. The van der Waals surface area contributed by atoms with Gasteiger partial charge in [0, 0.05) is 42.1 Å². The normalized spacial score (nSPS) is 12.7. The van der Waals surface area contributed by atoms with Gasteiger partial charge in [-0.2, -0.15) is 0 Å². The molecule has 1 aromatic carbocycles. The van der Waals surface area contributed by atoms with Crippen LogP contribution in [0.4, 0.5) is 0 Å². The summed E-state index contributed by atoms with van der Waals surface area (Å²) in [4.78, 5) is 4.06. The lowest BCUT2D eigenvalue weighted by Gasteiger charge is -2.09. The van der Waals surface area contributed by atoms with Crippen LogP contribution in [-0.4, -0.2) is 15.6 Å². The molecule has 0 bridgehead atoms. The highest BCUT2D eigenvalue weighted by molar-refractivity contribution is 5.83. The third kappa shape index (κ3) is 2.58. The zero-order valence-corrected chi connectivity index (χ0v) is 11.7. The lowest BCUT2D eigenvalue weighted by atomic mass is 10.0. The zero-order valence-electron chi connectivity index (χ0n) is 11.7. The molecule has 0 aliphatic heterocycles. The van der Waals surface area contributed by atoms with Gasteiger partial charge in [-0.3, -0.25) is 4.98 Å². The summed E-state index contributed by atoms with van der Waals surface area (Å²) in [7, 11) is 0. The van der Waals surface area contributed by atoms with Crippen LogP contribution in [0.25, 0.3) is 10.9 Å². The van der Waals surface area contributed by atoms with E-state index in [4.69, 9.17) is 5.73 Å². The van der Waals surface area contributed by atoms with Crippen LogP contribution in [0.5, 0.6) is 0 Å². The van der Waals surface area contributed by atoms with Gasteiger partial charge in [0.2, 0.25) is 0 Å². The Kier molecular flexibility index (Phi) is 3.52. The first kappa shape index (κ1) is 12.9. The second-order valence-corrected chi connectivity index (χ2v) is 5.33. The second-order valence-electron chi connectivity index (χ2n) is 5.33. The summed E-state index contributed by atoms with van der Waals surface area (Å²) in [5.41, 5.74) is 9.78. The summed E-state index contributed by atoms with van der Waals surface area (Å²) in [6.45, 7) is 2.92. The van der Waals surface area contributed by atoms with Gasteiger partial charge < -0.3 is 10.3 Å². The first-order chi connectivity index (χ1) is 9.74. The molecule has 1 atom stereocenters. The van der Waals surface area contributed by atoms with E-state index in [-0.39, 0.29) is 6.04 Å². The monoisotopic (exact) mass is 265 g/mol. The summed E-state index contributed by atoms with van der Waals surface area (Å²) in [6.07, 6.45) is 6.73. The minimum atomic E-state index is 0.184. The Morgan fingerprint density at radius 1 is 1.15 bits per heavy atom. The van der Waals surface area contributed by atoms with E-state index in [2.05, 4.69) is 52.1 Å². The number of benzene rings is 1. The van der Waals surface area contributed by atoms with Gasteiger partial charge in [0.05, 0.1) is 0 Å². The summed E-state index contributed by atoms with van der Waals surface area (Å²) >= 11 is 0. The first-order valence-electron chi connectivity index (χ1n) is 6.95. The molecule has 102 valence electrons. The van der Waals surface area contributed by atoms with E-state index >= 15 is 0 Å². The molecule has 0 fully saturated rings. The van der Waals surface area contributed by atoms with Crippen molar-refractivity contribution in [2.24, 2.45) is 5.73 Å². The summed E-state index contributed by atoms with van der Waals surface area (Å²) in [5, 5.41) is 1.30. The average Bonchev–Trinajstić information content (AvgIpc) is 2.84. The van der Waals surface area contributed by atoms with Crippen molar-refractivity contribution in [3.63, 3.8) is 0 Å². The van der Waals surface area contributed by atoms with Crippen LogP contribution < -0.4 is 5.73 Å². The predicted molar refractivity (Wildman–Crippen MR) is 82.6 cm³/mol. The van der Waals surface area contributed by atoms with E-state index in [1.165, 1.54) is 22.0 Å². The third-order valence-electron chi connectivity index (χ3n) is 3.55. The van der Waals surface area contributed by atoms with Crippen LogP contribution in [0, 0.1) is 0 Å². The fourth-order valence-electron chi connectivity index (χ4n) is 2.63. The van der Waals surface area contributed by atoms with E-state index in [0.717, 1.165) is 13.0 Å². The fraction of sp³-hybridized carbons (Fsp3) is 0.235. The smallest absolute Gasteiger partial charge is 0.0486 e. The number of nitrogens with zero attached hydrogens (tertiary/aromatic N) is 2. The maximum absolute atomic E-state index is 5.93. The highest BCUT2D eigenvalue weighted by Gasteiger charge is 2.07. The van der Waals surface area contributed by atoms with Gasteiger partial charge in [-0.15, -0.1) is 0 Å². The van der Waals surface area contributed by atoms with Crippen LogP contribution in [0.2, 0.25) is 0 Å². The van der Waals surface area contributed by atoms with Crippen LogP contribution in [0.15, 0.2) is 55.0 Å². The van der Waals surface area contributed by atoms with Crippen molar-refractivity contribution in [1.82, 2.24) is 9.55 Å². The van der Waals surface area contributed by atoms with E-state index in [1.807, 2.05) is 19.3 Å². The van der Waals surface area contributed by atoms with Crippen molar-refractivity contribution in [1.29, 1.82) is 0 Å². The van der Waals surface area contributed by atoms with Gasteiger partial charge in [-0.25, -0.2) is 0 Å². The van der Waals surface area contributed by atoms with Gasteiger partial charge in [0.25, 0.3) is 0 Å². The van der Waals surface area contributed by atoms with Crippen molar-refractivity contribution in [2.75, 3.05) is 0 Å². The third-order valence-corrected chi connectivity index (χ3v) is 3.55. The molecule has 2 aromatic heterocycles. The summed E-state index contributed by atoms with van der Waals surface area (Å²) in [5.74, 6) is 0. The fourth-order valence-corrected chi connectivity index (χ4v) is 2.63. The molecule has 3 heteroatoms. The Bertz CT molecular complexity index is 699. The molecule has 0 radical (unpaired) electrons. The summed E-state index contributed by atoms with van der Waals surface area (Å²) in [6, 6.07) is 12.9. The standard InChI is InChI=1S/C17H19N3/c1-13(18)11-15-3-2-4-17-16(15)7-10-20(17)12-14-5-8-19-9-6-14/h2-10,13H,11-12,18H2,1H3. The average molecular weight is 265 g/mol. The number of aromatic nitrogens is 2. The molecule has 3 rings (SSSR count). The van der Waals surface area contributed by atoms with Crippen LogP contribution in [0.1, 0.15) is 18.1 Å². The Hall–Kier alpha value is -2.13.